The van der Waals surface area contributed by atoms with Crippen LogP contribution in [0.5, 0.6) is 5.88 Å². The summed E-state index contributed by atoms with van der Waals surface area (Å²) in [5, 5.41) is 0. The second-order valence-corrected chi connectivity index (χ2v) is 3.51. The topological polar surface area (TPSA) is 66.0 Å². The van der Waals surface area contributed by atoms with Crippen LogP contribution < -0.4 is 4.74 Å². The molecule has 0 saturated heterocycles. The fraction of sp³-hybridized carbons (Fsp3) is 0.182. The van der Waals surface area contributed by atoms with E-state index < -0.39 is 0 Å². The van der Waals surface area contributed by atoms with Gasteiger partial charge in [0, 0.05) is 0 Å². The molecule has 0 radical (unpaired) electrons. The van der Waals surface area contributed by atoms with Crippen molar-refractivity contribution < 1.29 is 9.15 Å². The molecule has 3 rings (SSSR count). The second kappa shape index (κ2) is 3.89. The lowest BCUT2D eigenvalue weighted by atomic mass is 10.4. The van der Waals surface area contributed by atoms with E-state index in [0.717, 1.165) is 11.4 Å². The van der Waals surface area contributed by atoms with Crippen LogP contribution in [0, 0.1) is 0 Å². The van der Waals surface area contributed by atoms with Gasteiger partial charge in [0.2, 0.25) is 5.88 Å². The number of methoxy groups -OCH3 is 1. The molecule has 0 saturated carbocycles. The van der Waals surface area contributed by atoms with Gasteiger partial charge in [-0.15, -0.1) is 0 Å². The summed E-state index contributed by atoms with van der Waals surface area (Å²) in [5.41, 5.74) is 1.38. The third-order valence-corrected chi connectivity index (χ3v) is 2.47. The maximum atomic E-state index is 5.29. The molecule has 0 aromatic carbocycles. The lowest BCUT2D eigenvalue weighted by Gasteiger charge is -2.01. The Kier molecular flexibility index (Phi) is 2.25. The van der Waals surface area contributed by atoms with E-state index in [2.05, 4.69) is 15.0 Å². The van der Waals surface area contributed by atoms with Crippen LogP contribution >= 0.6 is 0 Å². The Labute approximate surface area is 96.9 Å². The number of fused-ring (bicyclic) bond motifs is 1. The van der Waals surface area contributed by atoms with Crippen LogP contribution in [-0.4, -0.2) is 26.6 Å². The molecule has 3 aromatic heterocycles. The van der Waals surface area contributed by atoms with Crippen LogP contribution in [-0.2, 0) is 6.54 Å². The van der Waals surface area contributed by atoms with E-state index in [4.69, 9.17) is 9.15 Å². The zero-order valence-electron chi connectivity index (χ0n) is 9.20. The van der Waals surface area contributed by atoms with Gasteiger partial charge in [-0.25, -0.2) is 9.97 Å². The number of aromatic nitrogens is 4. The second-order valence-electron chi connectivity index (χ2n) is 3.51. The highest BCUT2D eigenvalue weighted by Gasteiger charge is 2.10. The monoisotopic (exact) mass is 230 g/mol. The van der Waals surface area contributed by atoms with Crippen molar-refractivity contribution in [3.63, 3.8) is 0 Å². The van der Waals surface area contributed by atoms with Gasteiger partial charge in [-0.05, 0) is 12.1 Å². The molecule has 0 spiro atoms. The molecule has 0 unspecified atom stereocenters. The highest BCUT2D eigenvalue weighted by Crippen LogP contribution is 2.19. The average Bonchev–Trinajstić information content (AvgIpc) is 2.99. The van der Waals surface area contributed by atoms with Gasteiger partial charge in [-0.2, -0.15) is 4.98 Å². The summed E-state index contributed by atoms with van der Waals surface area (Å²) in [4.78, 5) is 12.4. The first-order valence-corrected chi connectivity index (χ1v) is 5.10. The zero-order valence-corrected chi connectivity index (χ0v) is 9.20. The third kappa shape index (κ3) is 1.63. The Balaban J connectivity index is 2.06. The first-order valence-electron chi connectivity index (χ1n) is 5.10. The lowest BCUT2D eigenvalue weighted by molar-refractivity contribution is 0.401. The Bertz CT molecular complexity index is 630. The Morgan fingerprint density at radius 1 is 1.35 bits per heavy atom. The Morgan fingerprint density at radius 3 is 3.06 bits per heavy atom. The molecule has 6 nitrogen and oxygen atoms in total. The van der Waals surface area contributed by atoms with Crippen molar-refractivity contribution in [1.29, 1.82) is 0 Å². The van der Waals surface area contributed by atoms with Crippen LogP contribution in [0.25, 0.3) is 11.2 Å². The van der Waals surface area contributed by atoms with Crippen LogP contribution in [0.1, 0.15) is 5.76 Å². The Hall–Kier alpha value is -2.37. The highest BCUT2D eigenvalue weighted by molar-refractivity contribution is 5.75. The van der Waals surface area contributed by atoms with E-state index in [1.807, 2.05) is 16.7 Å². The molecule has 3 heterocycles. The van der Waals surface area contributed by atoms with Crippen LogP contribution in [0.4, 0.5) is 0 Å². The van der Waals surface area contributed by atoms with E-state index in [0.29, 0.717) is 17.9 Å². The molecule has 0 aliphatic carbocycles. The number of hydrogen-bond donors (Lipinski definition) is 0. The summed E-state index contributed by atoms with van der Waals surface area (Å²) in [6.07, 6.45) is 4.80. The molecule has 0 bridgehead atoms. The molecule has 6 heteroatoms. The average molecular weight is 230 g/mol. The van der Waals surface area contributed by atoms with Crippen LogP contribution in [0.2, 0.25) is 0 Å². The molecule has 86 valence electrons. The number of imidazole rings is 1. The quantitative estimate of drug-likeness (QED) is 0.681. The van der Waals surface area contributed by atoms with Crippen LogP contribution in [0.15, 0.2) is 35.5 Å². The summed E-state index contributed by atoms with van der Waals surface area (Å²) in [5.74, 6) is 1.33. The standard InChI is InChI=1S/C11H10N4O2/c1-16-11-9-10(12-6-13-11)15(7-14-9)5-8-3-2-4-17-8/h2-4,6-7H,5H2,1H3. The van der Waals surface area contributed by atoms with Gasteiger partial charge in [-0.3, -0.25) is 0 Å². The van der Waals surface area contributed by atoms with Crippen LogP contribution in [0.3, 0.4) is 0 Å². The lowest BCUT2D eigenvalue weighted by Crippen LogP contribution is -1.98. The number of hydrogen-bond acceptors (Lipinski definition) is 5. The predicted molar refractivity (Wildman–Crippen MR) is 59.7 cm³/mol. The van der Waals surface area contributed by atoms with Gasteiger partial charge in [0.25, 0.3) is 0 Å². The molecule has 0 aliphatic rings. The van der Waals surface area contributed by atoms with Crippen molar-refractivity contribution in [3.8, 4) is 5.88 Å². The minimum absolute atomic E-state index is 0.480. The van der Waals surface area contributed by atoms with Gasteiger partial charge in [0.15, 0.2) is 11.2 Å². The smallest absolute Gasteiger partial charge is 0.245 e. The van der Waals surface area contributed by atoms with Crippen molar-refractivity contribution >= 4 is 11.2 Å². The maximum Gasteiger partial charge on any atom is 0.245 e. The summed E-state index contributed by atoms with van der Waals surface area (Å²) in [7, 11) is 1.56. The minimum Gasteiger partial charge on any atom is -0.479 e. The minimum atomic E-state index is 0.480. The van der Waals surface area contributed by atoms with Gasteiger partial charge in [-0.1, -0.05) is 0 Å². The molecule has 0 N–H and O–H groups in total. The molecule has 17 heavy (non-hydrogen) atoms. The fourth-order valence-electron chi connectivity index (χ4n) is 1.69. The number of ether oxygens (including phenoxy) is 1. The van der Waals surface area contributed by atoms with E-state index in [1.165, 1.54) is 6.33 Å². The summed E-state index contributed by atoms with van der Waals surface area (Å²) >= 11 is 0. The Morgan fingerprint density at radius 2 is 2.29 bits per heavy atom. The first-order chi connectivity index (χ1) is 8.38. The first kappa shape index (κ1) is 9.83. The fourth-order valence-corrected chi connectivity index (χ4v) is 1.69. The molecule has 0 atom stereocenters. The number of rotatable bonds is 3. The third-order valence-electron chi connectivity index (χ3n) is 2.47. The molecule has 0 aliphatic heterocycles. The summed E-state index contributed by atoms with van der Waals surface area (Å²) in [6, 6.07) is 3.76. The van der Waals surface area contributed by atoms with Crippen molar-refractivity contribution in [2.75, 3.05) is 7.11 Å². The van der Waals surface area contributed by atoms with E-state index in [1.54, 1.807) is 19.7 Å². The van der Waals surface area contributed by atoms with Gasteiger partial charge in [0.05, 0.1) is 26.2 Å². The van der Waals surface area contributed by atoms with Crippen molar-refractivity contribution in [1.82, 2.24) is 19.5 Å². The summed E-state index contributed by atoms with van der Waals surface area (Å²) < 4.78 is 12.3. The maximum absolute atomic E-state index is 5.29. The molecule has 3 aromatic rings. The van der Waals surface area contributed by atoms with Crippen molar-refractivity contribution in [2.24, 2.45) is 0 Å². The van der Waals surface area contributed by atoms with E-state index in [-0.39, 0.29) is 0 Å². The van der Waals surface area contributed by atoms with Crippen molar-refractivity contribution in [3.05, 3.63) is 36.8 Å². The number of furan rings is 1. The summed E-state index contributed by atoms with van der Waals surface area (Å²) in [6.45, 7) is 0.587. The van der Waals surface area contributed by atoms with Gasteiger partial charge in [0.1, 0.15) is 12.1 Å². The van der Waals surface area contributed by atoms with Gasteiger partial charge >= 0.3 is 0 Å². The normalized spacial score (nSPS) is 10.9. The SMILES string of the molecule is COc1ncnc2c1ncn2Cc1ccco1. The predicted octanol–water partition coefficient (Wildman–Crippen LogP) is 1.48. The molecule has 0 amide bonds. The van der Waals surface area contributed by atoms with E-state index >= 15 is 0 Å². The van der Waals surface area contributed by atoms with Crippen molar-refractivity contribution in [2.45, 2.75) is 6.54 Å². The van der Waals surface area contributed by atoms with E-state index in [9.17, 15) is 0 Å². The molecular weight excluding hydrogens is 220 g/mol. The largest absolute Gasteiger partial charge is 0.479 e. The highest BCUT2D eigenvalue weighted by atomic mass is 16.5. The number of nitrogens with zero attached hydrogens (tertiary/aromatic N) is 4. The zero-order chi connectivity index (χ0) is 11.7. The molecule has 0 fully saturated rings. The molecular formula is C11H10N4O2. The van der Waals surface area contributed by atoms with Gasteiger partial charge < -0.3 is 13.7 Å².